The van der Waals surface area contributed by atoms with Crippen molar-refractivity contribution in [2.24, 2.45) is 0 Å². The SMILES string of the molecule is CC.COC(=O)Nc1ccc(-n2cc(C)cn2)c(Cl)c1. The fourth-order valence-corrected chi connectivity index (χ4v) is 1.75. The fraction of sp³-hybridized carbons (Fsp3) is 0.286. The molecule has 0 aliphatic rings. The van der Waals surface area contributed by atoms with E-state index in [1.54, 1.807) is 29.1 Å². The summed E-state index contributed by atoms with van der Waals surface area (Å²) in [5.41, 5.74) is 2.36. The van der Waals surface area contributed by atoms with Crippen molar-refractivity contribution >= 4 is 23.4 Å². The molecular formula is C14H18ClN3O2. The highest BCUT2D eigenvalue weighted by atomic mass is 35.5. The molecule has 1 heterocycles. The van der Waals surface area contributed by atoms with Crippen LogP contribution in [-0.4, -0.2) is 23.0 Å². The number of hydrogen-bond acceptors (Lipinski definition) is 3. The van der Waals surface area contributed by atoms with E-state index >= 15 is 0 Å². The second-order valence-corrected chi connectivity index (χ2v) is 4.15. The van der Waals surface area contributed by atoms with Gasteiger partial charge in [-0.15, -0.1) is 0 Å². The number of hydrogen-bond donors (Lipinski definition) is 1. The van der Waals surface area contributed by atoms with Crippen molar-refractivity contribution in [1.29, 1.82) is 0 Å². The lowest BCUT2D eigenvalue weighted by Gasteiger charge is -2.08. The number of methoxy groups -OCH3 is 1. The zero-order valence-corrected chi connectivity index (χ0v) is 12.7. The number of carbonyl (C=O) groups is 1. The average Bonchev–Trinajstić information content (AvgIpc) is 2.87. The van der Waals surface area contributed by atoms with Crippen LogP contribution in [0.5, 0.6) is 0 Å². The van der Waals surface area contributed by atoms with Gasteiger partial charge in [-0.05, 0) is 30.7 Å². The zero-order valence-electron chi connectivity index (χ0n) is 12.0. The van der Waals surface area contributed by atoms with Crippen LogP contribution in [-0.2, 0) is 4.74 Å². The smallest absolute Gasteiger partial charge is 0.411 e. The number of anilines is 1. The van der Waals surface area contributed by atoms with Gasteiger partial charge in [-0.3, -0.25) is 5.32 Å². The Morgan fingerprint density at radius 1 is 1.40 bits per heavy atom. The maximum atomic E-state index is 11.1. The zero-order chi connectivity index (χ0) is 15.1. The molecule has 2 rings (SSSR count). The molecule has 1 aromatic heterocycles. The topological polar surface area (TPSA) is 56.1 Å². The van der Waals surface area contributed by atoms with Gasteiger partial charge in [0.15, 0.2) is 0 Å². The van der Waals surface area contributed by atoms with E-state index in [0.29, 0.717) is 10.7 Å². The molecule has 108 valence electrons. The van der Waals surface area contributed by atoms with Crippen molar-refractivity contribution in [1.82, 2.24) is 9.78 Å². The van der Waals surface area contributed by atoms with Gasteiger partial charge in [0, 0.05) is 11.9 Å². The summed E-state index contributed by atoms with van der Waals surface area (Å²) in [6.45, 7) is 5.95. The highest BCUT2D eigenvalue weighted by Crippen LogP contribution is 2.24. The molecule has 0 aliphatic carbocycles. The molecule has 6 heteroatoms. The highest BCUT2D eigenvalue weighted by Gasteiger charge is 2.07. The lowest BCUT2D eigenvalue weighted by Crippen LogP contribution is -2.11. The van der Waals surface area contributed by atoms with Gasteiger partial charge in [-0.2, -0.15) is 5.10 Å². The van der Waals surface area contributed by atoms with Crippen molar-refractivity contribution in [3.05, 3.63) is 41.2 Å². The third kappa shape index (κ3) is 3.99. The monoisotopic (exact) mass is 295 g/mol. The summed E-state index contributed by atoms with van der Waals surface area (Å²) in [5.74, 6) is 0. The van der Waals surface area contributed by atoms with Crippen LogP contribution < -0.4 is 5.32 Å². The van der Waals surface area contributed by atoms with Crippen LogP contribution in [0.15, 0.2) is 30.6 Å². The number of halogens is 1. The second kappa shape index (κ2) is 7.55. The summed E-state index contributed by atoms with van der Waals surface area (Å²) in [6.07, 6.45) is 3.08. The van der Waals surface area contributed by atoms with E-state index in [1.165, 1.54) is 7.11 Å². The molecule has 5 nitrogen and oxygen atoms in total. The molecular weight excluding hydrogens is 278 g/mol. The van der Waals surface area contributed by atoms with Gasteiger partial charge < -0.3 is 4.74 Å². The average molecular weight is 296 g/mol. The van der Waals surface area contributed by atoms with Gasteiger partial charge >= 0.3 is 6.09 Å². The van der Waals surface area contributed by atoms with Crippen LogP contribution in [0.3, 0.4) is 0 Å². The van der Waals surface area contributed by atoms with E-state index in [-0.39, 0.29) is 0 Å². The molecule has 0 fully saturated rings. The molecule has 1 aromatic carbocycles. The molecule has 0 atom stereocenters. The first kappa shape index (κ1) is 16.0. The Morgan fingerprint density at radius 2 is 2.10 bits per heavy atom. The molecule has 0 unspecified atom stereocenters. The summed E-state index contributed by atoms with van der Waals surface area (Å²) in [4.78, 5) is 11.1. The van der Waals surface area contributed by atoms with Crippen LogP contribution >= 0.6 is 11.6 Å². The van der Waals surface area contributed by atoms with Crippen molar-refractivity contribution in [2.75, 3.05) is 12.4 Å². The number of aromatic nitrogens is 2. The first-order valence-corrected chi connectivity index (χ1v) is 6.64. The Bertz CT molecular complexity index is 582. The third-order valence-corrected chi connectivity index (χ3v) is 2.64. The molecule has 1 amide bonds. The van der Waals surface area contributed by atoms with E-state index in [0.717, 1.165) is 11.3 Å². The molecule has 2 aromatic rings. The van der Waals surface area contributed by atoms with Gasteiger partial charge in [0.05, 0.1) is 24.0 Å². The number of rotatable bonds is 2. The number of nitrogens with one attached hydrogen (secondary N) is 1. The number of aryl methyl sites for hydroxylation is 1. The number of ether oxygens (including phenoxy) is 1. The van der Waals surface area contributed by atoms with Crippen molar-refractivity contribution < 1.29 is 9.53 Å². The summed E-state index contributed by atoms with van der Waals surface area (Å²) in [6, 6.07) is 5.15. The number of nitrogens with zero attached hydrogens (tertiary/aromatic N) is 2. The predicted molar refractivity (Wildman–Crippen MR) is 80.7 cm³/mol. The van der Waals surface area contributed by atoms with Crippen LogP contribution in [0.25, 0.3) is 5.69 Å². The number of benzene rings is 1. The van der Waals surface area contributed by atoms with Crippen LogP contribution in [0, 0.1) is 6.92 Å². The normalized spacial score (nSPS) is 9.45. The standard InChI is InChI=1S/C12H12ClN3O2.C2H6/c1-8-6-14-16(7-8)11-4-3-9(5-10(11)13)15-12(17)18-2;1-2/h3-7H,1-2H3,(H,15,17);1-2H3. The van der Waals surface area contributed by atoms with Crippen molar-refractivity contribution in [2.45, 2.75) is 20.8 Å². The molecule has 0 aliphatic heterocycles. The maximum Gasteiger partial charge on any atom is 0.411 e. The van der Waals surface area contributed by atoms with Gasteiger partial charge in [-0.25, -0.2) is 9.48 Å². The molecule has 0 saturated carbocycles. The molecule has 0 bridgehead atoms. The molecule has 0 spiro atoms. The van der Waals surface area contributed by atoms with E-state index in [1.807, 2.05) is 27.0 Å². The summed E-state index contributed by atoms with van der Waals surface area (Å²) in [7, 11) is 1.30. The first-order valence-electron chi connectivity index (χ1n) is 6.26. The van der Waals surface area contributed by atoms with Crippen molar-refractivity contribution in [3.8, 4) is 5.69 Å². The quantitative estimate of drug-likeness (QED) is 0.909. The van der Waals surface area contributed by atoms with E-state index < -0.39 is 6.09 Å². The maximum absolute atomic E-state index is 11.1. The second-order valence-electron chi connectivity index (χ2n) is 3.75. The van der Waals surface area contributed by atoms with E-state index in [4.69, 9.17) is 11.6 Å². The van der Waals surface area contributed by atoms with Crippen LogP contribution in [0.4, 0.5) is 10.5 Å². The highest BCUT2D eigenvalue weighted by molar-refractivity contribution is 6.32. The molecule has 0 saturated heterocycles. The van der Waals surface area contributed by atoms with E-state index in [9.17, 15) is 4.79 Å². The van der Waals surface area contributed by atoms with Crippen molar-refractivity contribution in [3.63, 3.8) is 0 Å². The Hall–Kier alpha value is -2.01. The minimum atomic E-state index is -0.534. The number of amides is 1. The predicted octanol–water partition coefficient (Wildman–Crippen LogP) is 4.04. The third-order valence-electron chi connectivity index (χ3n) is 2.34. The Kier molecular flexibility index (Phi) is 6.06. The lowest BCUT2D eigenvalue weighted by atomic mass is 10.3. The molecule has 1 N–H and O–H groups in total. The largest absolute Gasteiger partial charge is 0.453 e. The summed E-state index contributed by atoms with van der Waals surface area (Å²) in [5, 5.41) is 7.21. The first-order chi connectivity index (χ1) is 9.60. The van der Waals surface area contributed by atoms with Crippen LogP contribution in [0.2, 0.25) is 5.02 Å². The van der Waals surface area contributed by atoms with Crippen LogP contribution in [0.1, 0.15) is 19.4 Å². The fourth-order valence-electron chi connectivity index (χ4n) is 1.48. The summed E-state index contributed by atoms with van der Waals surface area (Å²) < 4.78 is 6.18. The van der Waals surface area contributed by atoms with Gasteiger partial charge in [0.2, 0.25) is 0 Å². The molecule has 20 heavy (non-hydrogen) atoms. The number of carbonyl (C=O) groups excluding carboxylic acids is 1. The van der Waals surface area contributed by atoms with Gasteiger partial charge in [-0.1, -0.05) is 25.4 Å². The lowest BCUT2D eigenvalue weighted by molar-refractivity contribution is 0.187. The minimum Gasteiger partial charge on any atom is -0.453 e. The Labute approximate surface area is 123 Å². The van der Waals surface area contributed by atoms with E-state index in [2.05, 4.69) is 15.2 Å². The van der Waals surface area contributed by atoms with Gasteiger partial charge in [0.1, 0.15) is 0 Å². The van der Waals surface area contributed by atoms with Gasteiger partial charge in [0.25, 0.3) is 0 Å². The summed E-state index contributed by atoms with van der Waals surface area (Å²) >= 11 is 6.15. The Morgan fingerprint density at radius 3 is 2.60 bits per heavy atom. The minimum absolute atomic E-state index is 0.493. The molecule has 0 radical (unpaired) electrons. The Balaban J connectivity index is 0.000000956.